The van der Waals surface area contributed by atoms with Crippen LogP contribution in [0.4, 0.5) is 0 Å². The number of unbranched alkanes of at least 4 members (excludes halogenated alkanes) is 1. The van der Waals surface area contributed by atoms with Crippen LogP contribution in [-0.4, -0.2) is 44.6 Å². The van der Waals surface area contributed by atoms with Crippen molar-refractivity contribution in [3.05, 3.63) is 35.3 Å². The van der Waals surface area contributed by atoms with Gasteiger partial charge in [0.25, 0.3) is 0 Å². The van der Waals surface area contributed by atoms with E-state index in [1.165, 1.54) is 5.56 Å². The first-order chi connectivity index (χ1) is 14.7. The Hall–Kier alpha value is -2.47. The fraction of sp³-hybridized carbons (Fsp3) is 0.542. The van der Waals surface area contributed by atoms with E-state index in [1.54, 1.807) is 14.2 Å². The van der Waals surface area contributed by atoms with Crippen molar-refractivity contribution in [2.45, 2.75) is 51.7 Å². The topological polar surface area (TPSA) is 54.2 Å². The maximum atomic E-state index is 6.09. The summed E-state index contributed by atoms with van der Waals surface area (Å²) in [5, 5.41) is 0. The van der Waals surface area contributed by atoms with Gasteiger partial charge >= 0.3 is 0 Å². The zero-order valence-corrected chi connectivity index (χ0v) is 18.3. The number of rotatable bonds is 8. The molecular formula is C24H32N2O4. The Bertz CT molecular complexity index is 928. The molecule has 0 N–H and O–H groups in total. The molecule has 2 aromatic rings. The lowest BCUT2D eigenvalue weighted by Gasteiger charge is -2.26. The summed E-state index contributed by atoms with van der Waals surface area (Å²) in [6, 6.07) is 8.24. The number of pyridine rings is 1. The van der Waals surface area contributed by atoms with Crippen molar-refractivity contribution >= 4 is 0 Å². The zero-order chi connectivity index (χ0) is 20.9. The van der Waals surface area contributed by atoms with Crippen molar-refractivity contribution in [1.82, 2.24) is 4.57 Å². The van der Waals surface area contributed by atoms with Gasteiger partial charge in [0.05, 0.1) is 39.2 Å². The van der Waals surface area contributed by atoms with Crippen LogP contribution in [-0.2, 0) is 17.7 Å². The van der Waals surface area contributed by atoms with Crippen molar-refractivity contribution in [2.24, 2.45) is 4.99 Å². The number of ether oxygens (including phenoxy) is 4. The molecule has 0 amide bonds. The minimum atomic E-state index is 0.223. The molecule has 1 fully saturated rings. The predicted molar refractivity (Wildman–Crippen MR) is 116 cm³/mol. The maximum absolute atomic E-state index is 6.09. The molecule has 0 radical (unpaired) electrons. The molecule has 0 saturated carbocycles. The maximum Gasteiger partial charge on any atom is 0.132 e. The van der Waals surface area contributed by atoms with E-state index in [0.29, 0.717) is 13.2 Å². The smallest absolute Gasteiger partial charge is 0.132 e. The number of hydrogen-bond acceptors (Lipinski definition) is 5. The average molecular weight is 413 g/mol. The Morgan fingerprint density at radius 2 is 2.03 bits per heavy atom. The summed E-state index contributed by atoms with van der Waals surface area (Å²) in [5.74, 6) is 2.48. The van der Waals surface area contributed by atoms with Crippen molar-refractivity contribution in [3.8, 4) is 28.5 Å². The van der Waals surface area contributed by atoms with E-state index in [1.807, 2.05) is 6.07 Å². The number of benzene rings is 1. The molecule has 6 nitrogen and oxygen atoms in total. The van der Waals surface area contributed by atoms with E-state index in [0.717, 1.165) is 79.2 Å². The molecular weight excluding hydrogens is 380 g/mol. The number of aryl methyl sites for hydroxylation is 1. The van der Waals surface area contributed by atoms with Gasteiger partial charge in [-0.25, -0.2) is 0 Å². The number of methoxy groups -OCH3 is 2. The molecule has 2 aliphatic heterocycles. The fourth-order valence-electron chi connectivity index (χ4n) is 4.20. The van der Waals surface area contributed by atoms with Gasteiger partial charge in [0.2, 0.25) is 0 Å². The summed E-state index contributed by atoms with van der Waals surface area (Å²) in [5.41, 5.74) is 4.34. The lowest BCUT2D eigenvalue weighted by Crippen LogP contribution is -2.28. The highest BCUT2D eigenvalue weighted by atomic mass is 16.5. The van der Waals surface area contributed by atoms with Gasteiger partial charge in [0.15, 0.2) is 0 Å². The third-order valence-corrected chi connectivity index (χ3v) is 5.84. The van der Waals surface area contributed by atoms with E-state index in [4.69, 9.17) is 23.9 Å². The third kappa shape index (κ3) is 4.33. The quantitative estimate of drug-likeness (QED) is 0.616. The van der Waals surface area contributed by atoms with Gasteiger partial charge in [0.1, 0.15) is 22.7 Å². The first-order valence-electron chi connectivity index (χ1n) is 11.0. The fourth-order valence-corrected chi connectivity index (χ4v) is 4.20. The summed E-state index contributed by atoms with van der Waals surface area (Å²) in [6.07, 6.45) is 5.47. The van der Waals surface area contributed by atoms with Gasteiger partial charge in [-0.05, 0) is 37.3 Å². The van der Waals surface area contributed by atoms with Crippen LogP contribution in [0.2, 0.25) is 0 Å². The van der Waals surface area contributed by atoms with E-state index in [9.17, 15) is 0 Å². The first kappa shape index (κ1) is 20.8. The molecule has 2 aliphatic rings. The van der Waals surface area contributed by atoms with Gasteiger partial charge in [-0.3, -0.25) is 4.99 Å². The summed E-state index contributed by atoms with van der Waals surface area (Å²) >= 11 is 0. The lowest BCUT2D eigenvalue weighted by molar-refractivity contribution is 0.117. The van der Waals surface area contributed by atoms with Crippen LogP contribution in [0, 0.1) is 0 Å². The Labute approximate surface area is 178 Å². The normalized spacial score (nSPS) is 18.1. The Balaban J connectivity index is 1.80. The largest absolute Gasteiger partial charge is 0.497 e. The highest BCUT2D eigenvalue weighted by Gasteiger charge is 2.23. The molecule has 162 valence electrons. The van der Waals surface area contributed by atoms with Gasteiger partial charge in [0, 0.05) is 36.9 Å². The van der Waals surface area contributed by atoms with E-state index < -0.39 is 0 Å². The van der Waals surface area contributed by atoms with Crippen LogP contribution in [0.15, 0.2) is 29.3 Å². The van der Waals surface area contributed by atoms with Crippen molar-refractivity contribution in [1.29, 1.82) is 0 Å². The second-order valence-electron chi connectivity index (χ2n) is 7.88. The molecule has 1 aromatic heterocycles. The minimum Gasteiger partial charge on any atom is -0.497 e. The van der Waals surface area contributed by atoms with Gasteiger partial charge < -0.3 is 23.5 Å². The number of hydrogen-bond donors (Lipinski definition) is 0. The second-order valence-corrected chi connectivity index (χ2v) is 7.88. The highest BCUT2D eigenvalue weighted by molar-refractivity contribution is 5.75. The number of nitrogens with zero attached hydrogens (tertiary/aromatic N) is 2. The first-order valence-corrected chi connectivity index (χ1v) is 11.0. The van der Waals surface area contributed by atoms with Gasteiger partial charge in [-0.1, -0.05) is 13.3 Å². The molecule has 1 unspecified atom stereocenters. The molecule has 1 atom stereocenters. The summed E-state index contributed by atoms with van der Waals surface area (Å²) in [7, 11) is 3.40. The molecule has 4 rings (SSSR count). The van der Waals surface area contributed by atoms with Crippen molar-refractivity contribution < 1.29 is 18.9 Å². The third-order valence-electron chi connectivity index (χ3n) is 5.84. The van der Waals surface area contributed by atoms with Crippen LogP contribution in [0.5, 0.6) is 17.2 Å². The summed E-state index contributed by atoms with van der Waals surface area (Å²) in [6.45, 7) is 5.27. The molecule has 0 bridgehead atoms. The van der Waals surface area contributed by atoms with Crippen LogP contribution >= 0.6 is 0 Å². The van der Waals surface area contributed by atoms with Crippen LogP contribution in [0.1, 0.15) is 38.2 Å². The molecule has 6 heteroatoms. The van der Waals surface area contributed by atoms with Gasteiger partial charge in [-0.15, -0.1) is 0 Å². The summed E-state index contributed by atoms with van der Waals surface area (Å²) < 4.78 is 25.4. The zero-order valence-electron chi connectivity index (χ0n) is 18.3. The van der Waals surface area contributed by atoms with E-state index in [2.05, 4.69) is 29.7 Å². The molecule has 30 heavy (non-hydrogen) atoms. The van der Waals surface area contributed by atoms with Crippen LogP contribution < -0.4 is 19.7 Å². The van der Waals surface area contributed by atoms with Crippen molar-refractivity contribution in [2.75, 3.05) is 34.0 Å². The number of aromatic nitrogens is 1. The molecule has 0 spiro atoms. The molecule has 0 aliphatic carbocycles. The molecule has 3 heterocycles. The van der Waals surface area contributed by atoms with E-state index >= 15 is 0 Å². The van der Waals surface area contributed by atoms with Crippen molar-refractivity contribution in [3.63, 3.8) is 0 Å². The molecule has 1 aromatic carbocycles. The summed E-state index contributed by atoms with van der Waals surface area (Å²) in [4.78, 5) is 4.95. The second kappa shape index (κ2) is 9.56. The molecule has 1 saturated heterocycles. The minimum absolute atomic E-state index is 0.223. The Kier molecular flexibility index (Phi) is 6.62. The lowest BCUT2D eigenvalue weighted by atomic mass is 9.95. The SMILES string of the molecule is CCCCOc1cc2n(c(=NCC3CCCO3)c1)CCc1cc(OC)cc(OC)c1-2. The highest BCUT2D eigenvalue weighted by Crippen LogP contribution is 2.40. The average Bonchev–Trinajstić information content (AvgIpc) is 3.30. The Morgan fingerprint density at radius 3 is 2.77 bits per heavy atom. The Morgan fingerprint density at radius 1 is 1.13 bits per heavy atom. The van der Waals surface area contributed by atoms with Crippen LogP contribution in [0.25, 0.3) is 11.3 Å². The number of fused-ring (bicyclic) bond motifs is 3. The standard InChI is InChI=1S/C24H32N2O4/c1-4-5-10-30-20-13-21-24-17(12-19(27-2)14-22(24)28-3)8-9-26(21)23(15-20)25-16-18-7-6-11-29-18/h12-15,18H,4-11,16H2,1-3H3. The monoisotopic (exact) mass is 412 g/mol. The van der Waals surface area contributed by atoms with E-state index in [-0.39, 0.29) is 6.10 Å². The predicted octanol–water partition coefficient (Wildman–Crippen LogP) is 3.99. The van der Waals surface area contributed by atoms with Crippen LogP contribution in [0.3, 0.4) is 0 Å². The van der Waals surface area contributed by atoms with Gasteiger partial charge in [-0.2, -0.15) is 0 Å².